The van der Waals surface area contributed by atoms with Gasteiger partial charge in [-0.25, -0.2) is 4.98 Å². The second-order valence-electron chi connectivity index (χ2n) is 5.52. The fraction of sp³-hybridized carbons (Fsp3) is 0.375. The summed E-state index contributed by atoms with van der Waals surface area (Å²) in [6.07, 6.45) is 2.01. The van der Waals surface area contributed by atoms with Crippen molar-refractivity contribution in [3.05, 3.63) is 46.0 Å². The maximum absolute atomic E-state index is 9.00. The number of rotatable bonds is 7. The number of aryl methyl sites for hydroxylation is 1. The molecule has 0 aromatic carbocycles. The normalized spacial score (nSPS) is 11.5. The topological polar surface area (TPSA) is 54.2 Å². The summed E-state index contributed by atoms with van der Waals surface area (Å²) in [6.45, 7) is 4.30. The highest BCUT2D eigenvalue weighted by Gasteiger charge is 2.11. The number of hydrogen-bond acceptors (Lipinski definition) is 6. The van der Waals surface area contributed by atoms with E-state index < -0.39 is 0 Å². The van der Waals surface area contributed by atoms with Gasteiger partial charge >= 0.3 is 0 Å². The number of aromatic nitrogens is 3. The van der Waals surface area contributed by atoms with Crippen LogP contribution >= 0.6 is 22.7 Å². The van der Waals surface area contributed by atoms with E-state index in [9.17, 15) is 0 Å². The molecule has 23 heavy (non-hydrogen) atoms. The van der Waals surface area contributed by atoms with Gasteiger partial charge in [-0.15, -0.1) is 22.7 Å². The predicted molar refractivity (Wildman–Crippen MR) is 94.6 cm³/mol. The van der Waals surface area contributed by atoms with Crippen molar-refractivity contribution in [2.45, 2.75) is 26.6 Å². The second kappa shape index (κ2) is 7.35. The van der Waals surface area contributed by atoms with Gasteiger partial charge in [-0.05, 0) is 25.4 Å². The minimum atomic E-state index is 0.112. The lowest BCUT2D eigenvalue weighted by Gasteiger charge is -2.14. The van der Waals surface area contributed by atoms with E-state index in [1.165, 1.54) is 10.4 Å². The zero-order valence-electron chi connectivity index (χ0n) is 13.3. The molecule has 0 aliphatic rings. The van der Waals surface area contributed by atoms with Crippen LogP contribution in [0.15, 0.2) is 29.1 Å². The molecule has 0 aliphatic heterocycles. The van der Waals surface area contributed by atoms with Gasteiger partial charge in [0.2, 0.25) is 0 Å². The molecule has 1 N–H and O–H groups in total. The van der Waals surface area contributed by atoms with E-state index >= 15 is 0 Å². The molecule has 0 fully saturated rings. The number of hydrogen-bond donors (Lipinski definition) is 1. The standard InChI is InChI=1S/C16H20N4OS2/c1-12-13(9-20(18-12)5-6-21)8-19(2)10-14-11-23-16(17-14)15-4-3-7-22-15/h3-4,7,9,11,21H,5-6,8,10H2,1-2H3. The van der Waals surface area contributed by atoms with Crippen LogP contribution in [-0.2, 0) is 19.6 Å². The van der Waals surface area contributed by atoms with E-state index in [0.29, 0.717) is 6.54 Å². The maximum atomic E-state index is 9.00. The zero-order chi connectivity index (χ0) is 16.2. The van der Waals surface area contributed by atoms with Gasteiger partial charge < -0.3 is 5.11 Å². The fourth-order valence-electron chi connectivity index (χ4n) is 2.45. The summed E-state index contributed by atoms with van der Waals surface area (Å²) in [7, 11) is 2.09. The Labute approximate surface area is 143 Å². The van der Waals surface area contributed by atoms with Crippen molar-refractivity contribution in [3.63, 3.8) is 0 Å². The van der Waals surface area contributed by atoms with Crippen molar-refractivity contribution in [1.82, 2.24) is 19.7 Å². The molecule has 5 nitrogen and oxygen atoms in total. The van der Waals surface area contributed by atoms with Crippen molar-refractivity contribution in [3.8, 4) is 9.88 Å². The van der Waals surface area contributed by atoms with Crippen LogP contribution in [0, 0.1) is 6.92 Å². The fourth-order valence-corrected chi connectivity index (χ4v) is 4.07. The van der Waals surface area contributed by atoms with Gasteiger partial charge in [0.1, 0.15) is 5.01 Å². The van der Waals surface area contributed by atoms with Crippen LogP contribution in [0.5, 0.6) is 0 Å². The number of nitrogens with zero attached hydrogens (tertiary/aromatic N) is 4. The zero-order valence-corrected chi connectivity index (χ0v) is 14.9. The molecule has 0 amide bonds. The minimum Gasteiger partial charge on any atom is -0.394 e. The first-order valence-electron chi connectivity index (χ1n) is 7.46. The highest BCUT2D eigenvalue weighted by Crippen LogP contribution is 2.28. The van der Waals surface area contributed by atoms with E-state index in [-0.39, 0.29) is 6.61 Å². The van der Waals surface area contributed by atoms with Crippen LogP contribution < -0.4 is 0 Å². The number of aliphatic hydroxyl groups excluding tert-OH is 1. The average Bonchev–Trinajstić information content (AvgIpc) is 3.21. The summed E-state index contributed by atoms with van der Waals surface area (Å²) in [5.74, 6) is 0. The SMILES string of the molecule is Cc1nn(CCO)cc1CN(C)Cc1csc(-c2cccs2)n1. The van der Waals surface area contributed by atoms with E-state index in [0.717, 1.165) is 29.5 Å². The van der Waals surface area contributed by atoms with Crippen molar-refractivity contribution in [1.29, 1.82) is 0 Å². The average molecular weight is 348 g/mol. The summed E-state index contributed by atoms with van der Waals surface area (Å²) in [5, 5.41) is 18.7. The molecule has 3 aromatic rings. The van der Waals surface area contributed by atoms with Gasteiger partial charge in [-0.3, -0.25) is 9.58 Å². The molecule has 122 valence electrons. The molecule has 0 unspecified atom stereocenters. The molecule has 0 bridgehead atoms. The molecular formula is C16H20N4OS2. The minimum absolute atomic E-state index is 0.112. The highest BCUT2D eigenvalue weighted by atomic mass is 32.1. The Balaban J connectivity index is 1.62. The molecule has 0 saturated heterocycles. The van der Waals surface area contributed by atoms with Gasteiger partial charge in [0.25, 0.3) is 0 Å². The third-order valence-electron chi connectivity index (χ3n) is 3.53. The van der Waals surface area contributed by atoms with Gasteiger partial charge in [-0.2, -0.15) is 5.10 Å². The predicted octanol–water partition coefficient (Wildman–Crippen LogP) is 3.00. The molecular weight excluding hydrogens is 328 g/mol. The Kier molecular flexibility index (Phi) is 5.22. The first-order chi connectivity index (χ1) is 11.2. The first-order valence-corrected chi connectivity index (χ1v) is 9.22. The van der Waals surface area contributed by atoms with Crippen molar-refractivity contribution in [2.24, 2.45) is 0 Å². The molecule has 7 heteroatoms. The first kappa shape index (κ1) is 16.3. The van der Waals surface area contributed by atoms with Crippen molar-refractivity contribution >= 4 is 22.7 Å². The van der Waals surface area contributed by atoms with Gasteiger partial charge in [-0.1, -0.05) is 6.07 Å². The van der Waals surface area contributed by atoms with Crippen LogP contribution in [0.25, 0.3) is 9.88 Å². The van der Waals surface area contributed by atoms with Crippen molar-refractivity contribution < 1.29 is 5.11 Å². The second-order valence-corrected chi connectivity index (χ2v) is 7.33. The lowest BCUT2D eigenvalue weighted by molar-refractivity contribution is 0.269. The number of thiophene rings is 1. The summed E-state index contributed by atoms with van der Waals surface area (Å²) in [5.41, 5.74) is 3.30. The molecule has 0 spiro atoms. The van der Waals surface area contributed by atoms with Crippen LogP contribution in [0.1, 0.15) is 17.0 Å². The van der Waals surface area contributed by atoms with E-state index in [1.807, 2.05) is 13.1 Å². The Morgan fingerprint density at radius 2 is 2.17 bits per heavy atom. The van der Waals surface area contributed by atoms with E-state index in [1.54, 1.807) is 27.4 Å². The Morgan fingerprint density at radius 3 is 2.91 bits per heavy atom. The van der Waals surface area contributed by atoms with E-state index in [2.05, 4.69) is 39.9 Å². The smallest absolute Gasteiger partial charge is 0.133 e. The van der Waals surface area contributed by atoms with Gasteiger partial charge in [0.15, 0.2) is 0 Å². The maximum Gasteiger partial charge on any atom is 0.133 e. The molecule has 0 saturated carbocycles. The quantitative estimate of drug-likeness (QED) is 0.713. The van der Waals surface area contributed by atoms with Gasteiger partial charge in [0, 0.05) is 30.2 Å². The molecule has 3 aromatic heterocycles. The Morgan fingerprint density at radius 1 is 1.30 bits per heavy atom. The van der Waals surface area contributed by atoms with Crippen LogP contribution in [0.2, 0.25) is 0 Å². The van der Waals surface area contributed by atoms with Gasteiger partial charge in [0.05, 0.1) is 29.4 Å². The lowest BCUT2D eigenvalue weighted by Crippen LogP contribution is -2.17. The molecule has 3 rings (SSSR count). The largest absolute Gasteiger partial charge is 0.394 e. The number of aliphatic hydroxyl groups is 1. The Bertz CT molecular complexity index is 748. The Hall–Kier alpha value is -1.54. The van der Waals surface area contributed by atoms with Crippen LogP contribution in [0.3, 0.4) is 0 Å². The summed E-state index contributed by atoms with van der Waals surface area (Å²) < 4.78 is 1.80. The molecule has 0 radical (unpaired) electrons. The van der Waals surface area contributed by atoms with Crippen molar-refractivity contribution in [2.75, 3.05) is 13.7 Å². The van der Waals surface area contributed by atoms with Crippen LogP contribution in [-0.4, -0.2) is 38.4 Å². The summed E-state index contributed by atoms with van der Waals surface area (Å²) in [6, 6.07) is 4.16. The van der Waals surface area contributed by atoms with E-state index in [4.69, 9.17) is 10.1 Å². The molecule has 0 atom stereocenters. The summed E-state index contributed by atoms with van der Waals surface area (Å²) >= 11 is 3.42. The lowest BCUT2D eigenvalue weighted by atomic mass is 10.2. The monoisotopic (exact) mass is 348 g/mol. The highest BCUT2D eigenvalue weighted by molar-refractivity contribution is 7.20. The molecule has 3 heterocycles. The third kappa shape index (κ3) is 4.06. The molecule has 0 aliphatic carbocycles. The summed E-state index contributed by atoms with van der Waals surface area (Å²) in [4.78, 5) is 8.19. The van der Waals surface area contributed by atoms with Crippen LogP contribution in [0.4, 0.5) is 0 Å². The third-order valence-corrected chi connectivity index (χ3v) is 5.46. The number of thiazole rings is 1.